The highest BCUT2D eigenvalue weighted by molar-refractivity contribution is 7.99. The van der Waals surface area contributed by atoms with Crippen molar-refractivity contribution in [3.05, 3.63) is 0 Å². The summed E-state index contributed by atoms with van der Waals surface area (Å²) in [5.74, 6) is 1.42. The maximum Gasteiger partial charge on any atom is 0.239 e. The quantitative estimate of drug-likeness (QED) is 0.544. The van der Waals surface area contributed by atoms with Gasteiger partial charge in [-0.2, -0.15) is 11.8 Å². The van der Waals surface area contributed by atoms with Crippen LogP contribution < -0.4 is 16.4 Å². The van der Waals surface area contributed by atoms with Crippen molar-refractivity contribution in [2.45, 2.75) is 19.9 Å². The smallest absolute Gasteiger partial charge is 0.239 e. The van der Waals surface area contributed by atoms with E-state index in [9.17, 15) is 9.59 Å². The number of hydrogen-bond acceptors (Lipinski definition) is 4. The van der Waals surface area contributed by atoms with Gasteiger partial charge in [0.2, 0.25) is 11.8 Å². The van der Waals surface area contributed by atoms with Crippen LogP contribution in [0.1, 0.15) is 13.8 Å². The van der Waals surface area contributed by atoms with Gasteiger partial charge in [-0.15, -0.1) is 0 Å². The Morgan fingerprint density at radius 2 is 2.07 bits per heavy atom. The van der Waals surface area contributed by atoms with E-state index < -0.39 is 0 Å². The number of nitrogens with one attached hydrogen (secondary N) is 2. The minimum atomic E-state index is -0.319. The van der Waals surface area contributed by atoms with Crippen molar-refractivity contribution in [2.75, 3.05) is 24.6 Å². The molecule has 0 fully saturated rings. The maximum atomic E-state index is 11.3. The Labute approximate surface area is 94.5 Å². The Bertz CT molecular complexity index is 212. The highest BCUT2D eigenvalue weighted by atomic mass is 32.2. The average Bonchev–Trinajstić information content (AvgIpc) is 2.22. The van der Waals surface area contributed by atoms with Gasteiger partial charge in [0.25, 0.3) is 0 Å². The van der Waals surface area contributed by atoms with E-state index in [0.29, 0.717) is 0 Å². The molecule has 15 heavy (non-hydrogen) atoms. The first-order chi connectivity index (χ1) is 7.10. The fourth-order valence-corrected chi connectivity index (χ4v) is 1.59. The standard InChI is InChI=1S/C9H19N3O2S/c1-3-15-6-7(2)12-9(14)5-11-8(13)4-10/h7H,3-6,10H2,1-2H3,(H,11,13)(H,12,14). The molecule has 0 heterocycles. The second kappa shape index (κ2) is 8.55. The predicted octanol–water partition coefficient (Wildman–Crippen LogP) is -0.681. The third kappa shape index (κ3) is 8.26. The van der Waals surface area contributed by atoms with Gasteiger partial charge in [0.1, 0.15) is 0 Å². The summed E-state index contributed by atoms with van der Waals surface area (Å²) < 4.78 is 0. The van der Waals surface area contributed by atoms with Gasteiger partial charge >= 0.3 is 0 Å². The van der Waals surface area contributed by atoms with Crippen molar-refractivity contribution in [3.8, 4) is 0 Å². The molecule has 0 aliphatic rings. The SMILES string of the molecule is CCSCC(C)NC(=O)CNC(=O)CN. The molecule has 0 rings (SSSR count). The molecule has 88 valence electrons. The van der Waals surface area contributed by atoms with E-state index in [4.69, 9.17) is 5.73 Å². The fourth-order valence-electron chi connectivity index (χ4n) is 0.913. The zero-order chi connectivity index (χ0) is 11.7. The minimum Gasteiger partial charge on any atom is -0.351 e. The normalized spacial score (nSPS) is 11.9. The van der Waals surface area contributed by atoms with Crippen molar-refractivity contribution >= 4 is 23.6 Å². The molecule has 1 atom stereocenters. The van der Waals surface area contributed by atoms with Crippen molar-refractivity contribution in [3.63, 3.8) is 0 Å². The van der Waals surface area contributed by atoms with Gasteiger partial charge in [0.15, 0.2) is 0 Å². The first-order valence-corrected chi connectivity index (χ1v) is 6.09. The van der Waals surface area contributed by atoms with Crippen LogP contribution in [0.25, 0.3) is 0 Å². The van der Waals surface area contributed by atoms with Crippen molar-refractivity contribution in [1.82, 2.24) is 10.6 Å². The third-order valence-corrected chi connectivity index (χ3v) is 2.75. The Kier molecular flexibility index (Phi) is 8.12. The topological polar surface area (TPSA) is 84.2 Å². The number of amides is 2. The summed E-state index contributed by atoms with van der Waals surface area (Å²) in [6.07, 6.45) is 0. The first kappa shape index (κ1) is 14.2. The summed E-state index contributed by atoms with van der Waals surface area (Å²) >= 11 is 1.77. The summed E-state index contributed by atoms with van der Waals surface area (Å²) in [7, 11) is 0. The van der Waals surface area contributed by atoms with Gasteiger partial charge in [0, 0.05) is 11.8 Å². The van der Waals surface area contributed by atoms with E-state index in [0.717, 1.165) is 11.5 Å². The third-order valence-electron chi connectivity index (χ3n) is 1.61. The molecule has 6 heteroatoms. The predicted molar refractivity (Wildman–Crippen MR) is 62.7 cm³/mol. The second-order valence-electron chi connectivity index (χ2n) is 3.11. The van der Waals surface area contributed by atoms with Crippen molar-refractivity contribution in [2.24, 2.45) is 5.73 Å². The highest BCUT2D eigenvalue weighted by Crippen LogP contribution is 2.00. The summed E-state index contributed by atoms with van der Waals surface area (Å²) in [6, 6.07) is 0.122. The lowest BCUT2D eigenvalue weighted by Crippen LogP contribution is -2.43. The molecule has 0 aliphatic heterocycles. The van der Waals surface area contributed by atoms with Gasteiger partial charge in [-0.3, -0.25) is 9.59 Å². The van der Waals surface area contributed by atoms with Crippen LogP contribution in [0.3, 0.4) is 0 Å². The molecule has 0 aromatic heterocycles. The van der Waals surface area contributed by atoms with Crippen LogP contribution in [0.2, 0.25) is 0 Å². The molecular formula is C9H19N3O2S. The molecule has 0 aromatic rings. The number of hydrogen-bond donors (Lipinski definition) is 3. The number of carbonyl (C=O) groups excluding carboxylic acids is 2. The molecule has 5 nitrogen and oxygen atoms in total. The molecule has 0 aliphatic carbocycles. The molecule has 0 radical (unpaired) electrons. The van der Waals surface area contributed by atoms with Crippen molar-refractivity contribution in [1.29, 1.82) is 0 Å². The number of carbonyl (C=O) groups is 2. The van der Waals surface area contributed by atoms with Crippen LogP contribution in [0.15, 0.2) is 0 Å². The summed E-state index contributed by atoms with van der Waals surface area (Å²) in [4.78, 5) is 22.0. The van der Waals surface area contributed by atoms with Crippen LogP contribution in [0.4, 0.5) is 0 Å². The molecule has 2 amide bonds. The van der Waals surface area contributed by atoms with Gasteiger partial charge < -0.3 is 16.4 Å². The monoisotopic (exact) mass is 233 g/mol. The Morgan fingerprint density at radius 1 is 1.40 bits per heavy atom. The molecule has 4 N–H and O–H groups in total. The molecule has 0 bridgehead atoms. The molecule has 0 saturated carbocycles. The van der Waals surface area contributed by atoms with E-state index in [1.807, 2.05) is 6.92 Å². The fraction of sp³-hybridized carbons (Fsp3) is 0.778. The van der Waals surface area contributed by atoms with Crippen molar-refractivity contribution < 1.29 is 9.59 Å². The molecule has 0 spiro atoms. The number of thioether (sulfide) groups is 1. The summed E-state index contributed by atoms with van der Waals surface area (Å²) in [5, 5.41) is 5.19. The molecule has 1 unspecified atom stereocenters. The molecular weight excluding hydrogens is 214 g/mol. The number of rotatable bonds is 7. The lowest BCUT2D eigenvalue weighted by Gasteiger charge is -2.13. The van der Waals surface area contributed by atoms with Gasteiger partial charge in [-0.05, 0) is 12.7 Å². The summed E-state index contributed by atoms with van der Waals surface area (Å²) in [5.41, 5.74) is 5.08. The van der Waals surface area contributed by atoms with Crippen LogP contribution in [-0.2, 0) is 9.59 Å². The number of nitrogens with two attached hydrogens (primary N) is 1. The van der Waals surface area contributed by atoms with Gasteiger partial charge in [0.05, 0.1) is 13.1 Å². The molecule has 0 aromatic carbocycles. The zero-order valence-electron chi connectivity index (χ0n) is 9.21. The minimum absolute atomic E-state index is 0.00281. The van der Waals surface area contributed by atoms with Crippen LogP contribution in [0, 0.1) is 0 Å². The Balaban J connectivity index is 3.59. The Morgan fingerprint density at radius 3 is 2.60 bits per heavy atom. The van der Waals surface area contributed by atoms with E-state index in [1.54, 1.807) is 11.8 Å². The zero-order valence-corrected chi connectivity index (χ0v) is 10.0. The molecule has 0 saturated heterocycles. The van der Waals surface area contributed by atoms with Crippen LogP contribution in [0.5, 0.6) is 0 Å². The maximum absolute atomic E-state index is 11.3. The summed E-state index contributed by atoms with van der Waals surface area (Å²) in [6.45, 7) is 3.91. The largest absolute Gasteiger partial charge is 0.351 e. The van der Waals surface area contributed by atoms with E-state index in [1.165, 1.54) is 0 Å². The lowest BCUT2D eigenvalue weighted by atomic mass is 10.4. The van der Waals surface area contributed by atoms with Gasteiger partial charge in [-0.25, -0.2) is 0 Å². The average molecular weight is 233 g/mol. The first-order valence-electron chi connectivity index (χ1n) is 4.94. The van der Waals surface area contributed by atoms with E-state index >= 15 is 0 Å². The van der Waals surface area contributed by atoms with Gasteiger partial charge in [-0.1, -0.05) is 6.92 Å². The van der Waals surface area contributed by atoms with Crippen LogP contribution >= 0.6 is 11.8 Å². The Hall–Kier alpha value is -0.750. The second-order valence-corrected chi connectivity index (χ2v) is 4.43. The van der Waals surface area contributed by atoms with Crippen LogP contribution in [-0.4, -0.2) is 42.5 Å². The van der Waals surface area contributed by atoms with E-state index in [2.05, 4.69) is 17.6 Å². The van der Waals surface area contributed by atoms with E-state index in [-0.39, 0.29) is 30.9 Å². The highest BCUT2D eigenvalue weighted by Gasteiger charge is 2.07. The lowest BCUT2D eigenvalue weighted by molar-refractivity contribution is -0.125.